The number of aryl methyl sites for hydroxylation is 1. The third-order valence-electron chi connectivity index (χ3n) is 4.07. The molecule has 0 saturated heterocycles. The van der Waals surface area contributed by atoms with Gasteiger partial charge in [0.2, 0.25) is 0 Å². The standard InChI is InChI=1S/C20H22N2OS/c1-14(2)11-22(12-17-7-5-4-6-15(17)3)20(23)16-8-9-18-19(10-16)24-13-21-18/h4-10,13-14H,11-12H2,1-3H3. The van der Waals surface area contributed by atoms with Gasteiger partial charge in [-0.05, 0) is 42.2 Å². The van der Waals surface area contributed by atoms with Crippen LogP contribution < -0.4 is 0 Å². The fourth-order valence-electron chi connectivity index (χ4n) is 2.82. The lowest BCUT2D eigenvalue weighted by atomic mass is 10.1. The number of thiazole rings is 1. The van der Waals surface area contributed by atoms with Gasteiger partial charge in [0.1, 0.15) is 0 Å². The Balaban J connectivity index is 1.89. The van der Waals surface area contributed by atoms with Gasteiger partial charge in [0.25, 0.3) is 5.91 Å². The molecule has 1 aromatic heterocycles. The largest absolute Gasteiger partial charge is 0.334 e. The van der Waals surface area contributed by atoms with Gasteiger partial charge in [-0.25, -0.2) is 4.98 Å². The van der Waals surface area contributed by atoms with Crippen molar-refractivity contribution in [3.63, 3.8) is 0 Å². The highest BCUT2D eigenvalue weighted by atomic mass is 32.1. The molecule has 0 aliphatic heterocycles. The van der Waals surface area contributed by atoms with E-state index in [4.69, 9.17) is 0 Å². The first-order valence-electron chi connectivity index (χ1n) is 8.21. The number of benzene rings is 2. The number of rotatable bonds is 5. The zero-order valence-corrected chi connectivity index (χ0v) is 15.1. The zero-order chi connectivity index (χ0) is 17.1. The minimum Gasteiger partial charge on any atom is -0.334 e. The van der Waals surface area contributed by atoms with Crippen LogP contribution in [0.15, 0.2) is 48.0 Å². The van der Waals surface area contributed by atoms with Crippen molar-refractivity contribution >= 4 is 27.5 Å². The molecule has 4 heteroatoms. The summed E-state index contributed by atoms with van der Waals surface area (Å²) in [6.07, 6.45) is 0. The normalized spacial score (nSPS) is 11.2. The topological polar surface area (TPSA) is 33.2 Å². The Morgan fingerprint density at radius 2 is 2.00 bits per heavy atom. The van der Waals surface area contributed by atoms with Crippen LogP contribution in [-0.4, -0.2) is 22.3 Å². The van der Waals surface area contributed by atoms with Crippen LogP contribution in [0.25, 0.3) is 10.2 Å². The Kier molecular flexibility index (Phi) is 4.95. The van der Waals surface area contributed by atoms with E-state index < -0.39 is 0 Å². The molecular formula is C20H22N2OS. The molecule has 0 aliphatic carbocycles. The molecule has 0 radical (unpaired) electrons. The highest BCUT2D eigenvalue weighted by molar-refractivity contribution is 7.16. The maximum absolute atomic E-state index is 13.1. The number of fused-ring (bicyclic) bond motifs is 1. The molecule has 0 atom stereocenters. The highest BCUT2D eigenvalue weighted by Gasteiger charge is 2.18. The van der Waals surface area contributed by atoms with E-state index >= 15 is 0 Å². The van der Waals surface area contributed by atoms with Crippen LogP contribution in [0.3, 0.4) is 0 Å². The Morgan fingerprint density at radius 1 is 1.21 bits per heavy atom. The summed E-state index contributed by atoms with van der Waals surface area (Å²) >= 11 is 1.57. The number of hydrogen-bond donors (Lipinski definition) is 0. The minimum atomic E-state index is 0.0854. The van der Waals surface area contributed by atoms with Gasteiger partial charge in [-0.3, -0.25) is 4.79 Å². The lowest BCUT2D eigenvalue weighted by Gasteiger charge is -2.25. The molecule has 0 aliphatic rings. The fourth-order valence-corrected chi connectivity index (χ4v) is 3.54. The van der Waals surface area contributed by atoms with Crippen molar-refractivity contribution in [3.05, 3.63) is 64.7 Å². The predicted molar refractivity (Wildman–Crippen MR) is 100 cm³/mol. The van der Waals surface area contributed by atoms with E-state index in [0.717, 1.165) is 22.3 Å². The molecule has 0 bridgehead atoms. The molecule has 2 aromatic carbocycles. The molecule has 3 nitrogen and oxygen atoms in total. The first-order chi connectivity index (χ1) is 11.5. The average Bonchev–Trinajstić information content (AvgIpc) is 3.02. The number of nitrogens with zero attached hydrogens (tertiary/aromatic N) is 2. The molecule has 1 amide bonds. The van der Waals surface area contributed by atoms with Crippen LogP contribution in [0.5, 0.6) is 0 Å². The fraction of sp³-hybridized carbons (Fsp3) is 0.300. The quantitative estimate of drug-likeness (QED) is 0.663. The van der Waals surface area contributed by atoms with Gasteiger partial charge >= 0.3 is 0 Å². The minimum absolute atomic E-state index is 0.0854. The lowest BCUT2D eigenvalue weighted by molar-refractivity contribution is 0.0722. The van der Waals surface area contributed by atoms with E-state index in [0.29, 0.717) is 12.5 Å². The number of carbonyl (C=O) groups excluding carboxylic acids is 1. The van der Waals surface area contributed by atoms with Gasteiger partial charge in [-0.2, -0.15) is 0 Å². The van der Waals surface area contributed by atoms with Crippen molar-refractivity contribution in [2.75, 3.05) is 6.54 Å². The summed E-state index contributed by atoms with van der Waals surface area (Å²) < 4.78 is 1.06. The third-order valence-corrected chi connectivity index (χ3v) is 4.87. The number of hydrogen-bond acceptors (Lipinski definition) is 3. The molecule has 0 N–H and O–H groups in total. The van der Waals surface area contributed by atoms with Crippen molar-refractivity contribution < 1.29 is 4.79 Å². The van der Waals surface area contributed by atoms with E-state index in [-0.39, 0.29) is 5.91 Å². The van der Waals surface area contributed by atoms with E-state index in [1.807, 2.05) is 40.7 Å². The van der Waals surface area contributed by atoms with Crippen molar-refractivity contribution in [1.82, 2.24) is 9.88 Å². The van der Waals surface area contributed by atoms with E-state index in [9.17, 15) is 4.79 Å². The first kappa shape index (κ1) is 16.7. The number of amides is 1. The molecule has 0 saturated carbocycles. The molecule has 24 heavy (non-hydrogen) atoms. The Bertz CT molecular complexity index is 853. The maximum Gasteiger partial charge on any atom is 0.254 e. The molecule has 124 valence electrons. The molecule has 0 fully saturated rings. The van der Waals surface area contributed by atoms with E-state index in [1.165, 1.54) is 11.1 Å². The zero-order valence-electron chi connectivity index (χ0n) is 14.3. The van der Waals surface area contributed by atoms with Crippen LogP contribution in [0.4, 0.5) is 0 Å². The van der Waals surface area contributed by atoms with Gasteiger partial charge in [0.05, 0.1) is 15.7 Å². The molecular weight excluding hydrogens is 316 g/mol. The summed E-state index contributed by atoms with van der Waals surface area (Å²) in [6, 6.07) is 14.0. The molecule has 1 heterocycles. The summed E-state index contributed by atoms with van der Waals surface area (Å²) in [5, 5.41) is 0. The molecule has 0 unspecified atom stereocenters. The molecule has 3 rings (SSSR count). The second-order valence-electron chi connectivity index (χ2n) is 6.54. The Morgan fingerprint density at radius 3 is 2.75 bits per heavy atom. The first-order valence-corrected chi connectivity index (χ1v) is 9.09. The second-order valence-corrected chi connectivity index (χ2v) is 7.43. The smallest absolute Gasteiger partial charge is 0.254 e. The van der Waals surface area contributed by atoms with Gasteiger partial charge < -0.3 is 4.90 Å². The second kappa shape index (κ2) is 7.14. The lowest BCUT2D eigenvalue weighted by Crippen LogP contribution is -2.34. The van der Waals surface area contributed by atoms with Gasteiger partial charge in [-0.15, -0.1) is 11.3 Å². The highest BCUT2D eigenvalue weighted by Crippen LogP contribution is 2.21. The van der Waals surface area contributed by atoms with Crippen LogP contribution >= 0.6 is 11.3 Å². The van der Waals surface area contributed by atoms with Crippen LogP contribution in [0, 0.1) is 12.8 Å². The van der Waals surface area contributed by atoms with Gasteiger partial charge in [0.15, 0.2) is 0 Å². The van der Waals surface area contributed by atoms with Gasteiger partial charge in [-0.1, -0.05) is 38.1 Å². The van der Waals surface area contributed by atoms with Crippen molar-refractivity contribution in [2.24, 2.45) is 5.92 Å². The van der Waals surface area contributed by atoms with Crippen LogP contribution in [0.2, 0.25) is 0 Å². The molecule has 3 aromatic rings. The van der Waals surface area contributed by atoms with Crippen LogP contribution in [-0.2, 0) is 6.54 Å². The number of aromatic nitrogens is 1. The summed E-state index contributed by atoms with van der Waals surface area (Å²) in [7, 11) is 0. The molecule has 0 spiro atoms. The van der Waals surface area contributed by atoms with Crippen LogP contribution in [0.1, 0.15) is 35.3 Å². The van der Waals surface area contributed by atoms with Crippen molar-refractivity contribution in [3.8, 4) is 0 Å². The van der Waals surface area contributed by atoms with E-state index in [1.54, 1.807) is 11.3 Å². The summed E-state index contributed by atoms with van der Waals surface area (Å²) in [5.74, 6) is 0.507. The predicted octanol–water partition coefficient (Wildman–Crippen LogP) is 4.90. The third kappa shape index (κ3) is 3.65. The van der Waals surface area contributed by atoms with Gasteiger partial charge in [0, 0.05) is 18.7 Å². The summed E-state index contributed by atoms with van der Waals surface area (Å²) in [6.45, 7) is 7.77. The average molecular weight is 338 g/mol. The summed E-state index contributed by atoms with van der Waals surface area (Å²) in [4.78, 5) is 19.3. The van der Waals surface area contributed by atoms with E-state index in [2.05, 4.69) is 37.9 Å². The van der Waals surface area contributed by atoms with Crippen molar-refractivity contribution in [2.45, 2.75) is 27.3 Å². The monoisotopic (exact) mass is 338 g/mol. The maximum atomic E-state index is 13.1. The summed E-state index contributed by atoms with van der Waals surface area (Å²) in [5.41, 5.74) is 5.92. The SMILES string of the molecule is Cc1ccccc1CN(CC(C)C)C(=O)c1ccc2ncsc2c1. The Labute approximate surface area is 147 Å². The Hall–Kier alpha value is -2.20. The van der Waals surface area contributed by atoms with Crippen molar-refractivity contribution in [1.29, 1.82) is 0 Å². The number of carbonyl (C=O) groups is 1.